The summed E-state index contributed by atoms with van der Waals surface area (Å²) in [7, 11) is -2.54. The monoisotopic (exact) mass is 350 g/mol. The highest BCUT2D eigenvalue weighted by Gasteiger charge is 2.23. The van der Waals surface area contributed by atoms with Crippen molar-refractivity contribution in [3.05, 3.63) is 64.0 Å². The van der Waals surface area contributed by atoms with Gasteiger partial charge in [0.05, 0.1) is 12.0 Å². The van der Waals surface area contributed by atoms with Crippen LogP contribution >= 0.6 is 11.6 Å². The summed E-state index contributed by atoms with van der Waals surface area (Å²) in [6.45, 7) is 0. The SMILES string of the molecule is COc1ccc2oc(=O)c(S(=O)(=O)c3cccc(Cl)c3)cc2c1. The van der Waals surface area contributed by atoms with Gasteiger partial charge in [0, 0.05) is 10.4 Å². The fourth-order valence-electron chi connectivity index (χ4n) is 2.16. The Morgan fingerprint density at radius 3 is 2.57 bits per heavy atom. The van der Waals surface area contributed by atoms with Crippen molar-refractivity contribution in [3.8, 4) is 5.75 Å². The van der Waals surface area contributed by atoms with Gasteiger partial charge in [-0.25, -0.2) is 13.2 Å². The van der Waals surface area contributed by atoms with Crippen molar-refractivity contribution in [2.24, 2.45) is 0 Å². The molecule has 0 fully saturated rings. The predicted molar refractivity (Wildman–Crippen MR) is 85.9 cm³/mol. The van der Waals surface area contributed by atoms with Gasteiger partial charge in [0.1, 0.15) is 11.3 Å². The van der Waals surface area contributed by atoms with Crippen molar-refractivity contribution < 1.29 is 17.6 Å². The summed E-state index contributed by atoms with van der Waals surface area (Å²) in [5, 5.41) is 0.711. The van der Waals surface area contributed by atoms with Crippen LogP contribution < -0.4 is 10.4 Å². The average molecular weight is 351 g/mol. The molecule has 23 heavy (non-hydrogen) atoms. The number of sulfone groups is 1. The van der Waals surface area contributed by atoms with Gasteiger partial charge in [-0.2, -0.15) is 0 Å². The van der Waals surface area contributed by atoms with Crippen molar-refractivity contribution in [3.63, 3.8) is 0 Å². The van der Waals surface area contributed by atoms with Gasteiger partial charge in [-0.3, -0.25) is 0 Å². The van der Waals surface area contributed by atoms with E-state index in [4.69, 9.17) is 20.8 Å². The summed E-state index contributed by atoms with van der Waals surface area (Å²) in [5.74, 6) is 0.525. The number of benzene rings is 2. The summed E-state index contributed by atoms with van der Waals surface area (Å²) in [6.07, 6.45) is 0. The predicted octanol–water partition coefficient (Wildman–Crippen LogP) is 3.29. The molecule has 118 valence electrons. The van der Waals surface area contributed by atoms with E-state index in [9.17, 15) is 13.2 Å². The van der Waals surface area contributed by atoms with Gasteiger partial charge in [0.15, 0.2) is 4.90 Å². The summed E-state index contributed by atoms with van der Waals surface area (Å²) in [6, 6.07) is 11.7. The van der Waals surface area contributed by atoms with E-state index in [1.165, 1.54) is 31.4 Å². The van der Waals surface area contributed by atoms with Crippen LogP contribution in [0.2, 0.25) is 5.02 Å². The molecule has 2 aromatic carbocycles. The minimum Gasteiger partial charge on any atom is -0.497 e. The van der Waals surface area contributed by atoms with E-state index in [0.29, 0.717) is 11.1 Å². The van der Waals surface area contributed by atoms with E-state index in [2.05, 4.69) is 0 Å². The Morgan fingerprint density at radius 1 is 1.09 bits per heavy atom. The van der Waals surface area contributed by atoms with E-state index in [-0.39, 0.29) is 15.5 Å². The second-order valence-corrected chi connectivity index (χ2v) is 7.12. The molecular formula is C16H11ClO5S. The van der Waals surface area contributed by atoms with Crippen LogP contribution in [0, 0.1) is 0 Å². The first-order valence-corrected chi connectivity index (χ1v) is 8.40. The lowest BCUT2D eigenvalue weighted by atomic mass is 10.2. The van der Waals surface area contributed by atoms with Crippen molar-refractivity contribution in [2.75, 3.05) is 7.11 Å². The van der Waals surface area contributed by atoms with Crippen molar-refractivity contribution in [1.29, 1.82) is 0 Å². The van der Waals surface area contributed by atoms with Crippen LogP contribution in [0.15, 0.2) is 67.5 Å². The fourth-order valence-corrected chi connectivity index (χ4v) is 3.75. The normalized spacial score (nSPS) is 11.6. The zero-order valence-electron chi connectivity index (χ0n) is 11.9. The van der Waals surface area contributed by atoms with Gasteiger partial charge in [0.25, 0.3) is 0 Å². The Balaban J connectivity index is 2.26. The van der Waals surface area contributed by atoms with Crippen LogP contribution in [0.4, 0.5) is 0 Å². The molecule has 0 bridgehead atoms. The summed E-state index contributed by atoms with van der Waals surface area (Å²) < 4.78 is 35.5. The van der Waals surface area contributed by atoms with Crippen molar-refractivity contribution in [2.45, 2.75) is 9.79 Å². The first kappa shape index (κ1) is 15.6. The number of methoxy groups -OCH3 is 1. The van der Waals surface area contributed by atoms with Crippen molar-refractivity contribution in [1.82, 2.24) is 0 Å². The molecule has 0 saturated carbocycles. The lowest BCUT2D eigenvalue weighted by Crippen LogP contribution is -2.14. The van der Waals surface area contributed by atoms with Gasteiger partial charge < -0.3 is 9.15 Å². The molecule has 0 aliphatic rings. The lowest BCUT2D eigenvalue weighted by Gasteiger charge is -2.06. The molecule has 0 spiro atoms. The lowest BCUT2D eigenvalue weighted by molar-refractivity contribution is 0.415. The quantitative estimate of drug-likeness (QED) is 0.678. The summed E-state index contributed by atoms with van der Waals surface area (Å²) >= 11 is 5.83. The molecular weight excluding hydrogens is 340 g/mol. The largest absolute Gasteiger partial charge is 0.497 e. The standard InChI is InChI=1S/C16H11ClO5S/c1-21-12-5-6-14-10(7-12)8-15(16(18)22-14)23(19,20)13-4-2-3-11(17)9-13/h2-9H,1H3. The third kappa shape index (κ3) is 2.83. The van der Waals surface area contributed by atoms with Crippen LogP contribution in [0.5, 0.6) is 5.75 Å². The number of ether oxygens (including phenoxy) is 1. The van der Waals surface area contributed by atoms with E-state index >= 15 is 0 Å². The van der Waals surface area contributed by atoms with Crippen LogP contribution in [-0.4, -0.2) is 15.5 Å². The molecule has 0 amide bonds. The molecule has 0 radical (unpaired) electrons. The fraction of sp³-hybridized carbons (Fsp3) is 0.0625. The summed E-state index contributed by atoms with van der Waals surface area (Å²) in [4.78, 5) is 11.6. The molecule has 7 heteroatoms. The maximum atomic E-state index is 12.7. The highest BCUT2D eigenvalue weighted by molar-refractivity contribution is 7.91. The molecule has 3 aromatic rings. The van der Waals surface area contributed by atoms with Gasteiger partial charge in [-0.1, -0.05) is 17.7 Å². The molecule has 0 unspecified atom stereocenters. The molecule has 0 aliphatic heterocycles. The van der Waals surface area contributed by atoms with Crippen LogP contribution in [0.3, 0.4) is 0 Å². The minimum atomic E-state index is -4.03. The molecule has 0 saturated heterocycles. The molecule has 3 rings (SSSR count). The van der Waals surface area contributed by atoms with Gasteiger partial charge >= 0.3 is 5.63 Å². The highest BCUT2D eigenvalue weighted by Crippen LogP contribution is 2.25. The Hall–Kier alpha value is -2.31. The summed E-state index contributed by atoms with van der Waals surface area (Å²) in [5.41, 5.74) is -0.650. The molecule has 0 N–H and O–H groups in total. The molecule has 1 heterocycles. The number of hydrogen-bond acceptors (Lipinski definition) is 5. The molecule has 0 atom stereocenters. The Bertz CT molecular complexity index is 1050. The second kappa shape index (κ2) is 5.72. The Labute approximate surface area is 137 Å². The number of hydrogen-bond donors (Lipinski definition) is 0. The van der Waals surface area contributed by atoms with E-state index in [0.717, 1.165) is 0 Å². The third-order valence-corrected chi connectivity index (χ3v) is 5.28. The maximum Gasteiger partial charge on any atom is 0.355 e. The van der Waals surface area contributed by atoms with Crippen molar-refractivity contribution >= 4 is 32.4 Å². The topological polar surface area (TPSA) is 73.6 Å². The molecule has 0 aliphatic carbocycles. The van der Waals surface area contributed by atoms with Gasteiger partial charge in [0.2, 0.25) is 9.84 Å². The van der Waals surface area contributed by atoms with Crippen LogP contribution in [0.25, 0.3) is 11.0 Å². The zero-order valence-corrected chi connectivity index (χ0v) is 13.5. The Morgan fingerprint density at radius 2 is 1.87 bits per heavy atom. The number of fused-ring (bicyclic) bond motifs is 1. The first-order chi connectivity index (χ1) is 10.9. The van der Waals surface area contributed by atoms with Gasteiger partial charge in [-0.15, -0.1) is 0 Å². The minimum absolute atomic E-state index is 0.0699. The second-order valence-electron chi connectivity index (χ2n) is 4.76. The average Bonchev–Trinajstić information content (AvgIpc) is 2.53. The van der Waals surface area contributed by atoms with E-state index < -0.39 is 20.4 Å². The third-order valence-electron chi connectivity index (χ3n) is 3.30. The molecule has 5 nitrogen and oxygen atoms in total. The number of halogens is 1. The number of rotatable bonds is 3. The van der Waals surface area contributed by atoms with Crippen LogP contribution in [-0.2, 0) is 9.84 Å². The van der Waals surface area contributed by atoms with E-state index in [1.807, 2.05) is 0 Å². The smallest absolute Gasteiger partial charge is 0.355 e. The zero-order chi connectivity index (χ0) is 16.6. The first-order valence-electron chi connectivity index (χ1n) is 6.54. The maximum absolute atomic E-state index is 12.7. The van der Waals surface area contributed by atoms with Gasteiger partial charge in [-0.05, 0) is 42.5 Å². The van der Waals surface area contributed by atoms with Crippen LogP contribution in [0.1, 0.15) is 0 Å². The highest BCUT2D eigenvalue weighted by atomic mass is 35.5. The molecule has 1 aromatic heterocycles. The Kier molecular flexibility index (Phi) is 3.87. The van der Waals surface area contributed by atoms with E-state index in [1.54, 1.807) is 24.3 Å².